The van der Waals surface area contributed by atoms with E-state index in [9.17, 15) is 0 Å². The van der Waals surface area contributed by atoms with E-state index in [0.717, 1.165) is 19.0 Å². The summed E-state index contributed by atoms with van der Waals surface area (Å²) in [7, 11) is 0. The highest BCUT2D eigenvalue weighted by atomic mass is 32.1. The lowest BCUT2D eigenvalue weighted by molar-refractivity contribution is 0.225. The summed E-state index contributed by atoms with van der Waals surface area (Å²) < 4.78 is 0. The number of likely N-dealkylation sites (tertiary alicyclic amines) is 2. The highest BCUT2D eigenvalue weighted by Gasteiger charge is 2.30. The van der Waals surface area contributed by atoms with E-state index in [4.69, 9.17) is 18.0 Å². The van der Waals surface area contributed by atoms with Crippen molar-refractivity contribution in [2.75, 3.05) is 32.7 Å². The van der Waals surface area contributed by atoms with Crippen LogP contribution in [0.3, 0.4) is 0 Å². The maximum Gasteiger partial charge on any atom is 0.0784 e. The first kappa shape index (κ1) is 14.2. The lowest BCUT2D eigenvalue weighted by Crippen LogP contribution is -2.37. The van der Waals surface area contributed by atoms with Crippen molar-refractivity contribution in [2.24, 2.45) is 11.1 Å². The van der Waals surface area contributed by atoms with Crippen LogP contribution in [0.25, 0.3) is 0 Å². The van der Waals surface area contributed by atoms with Crippen LogP contribution in [0.5, 0.6) is 0 Å². The Bertz CT molecular complexity index is 297. The van der Waals surface area contributed by atoms with Gasteiger partial charge in [-0.05, 0) is 51.9 Å². The summed E-state index contributed by atoms with van der Waals surface area (Å²) in [5, 5.41) is 0. The molecular weight excluding hydrogens is 242 g/mol. The fraction of sp³-hybridized carbons (Fsp3) is 0.929. The first-order valence-electron chi connectivity index (χ1n) is 7.25. The Labute approximate surface area is 117 Å². The van der Waals surface area contributed by atoms with E-state index in [1.165, 1.54) is 45.4 Å². The van der Waals surface area contributed by atoms with Gasteiger partial charge in [-0.25, -0.2) is 0 Å². The molecule has 0 radical (unpaired) electrons. The van der Waals surface area contributed by atoms with Gasteiger partial charge in [0.25, 0.3) is 0 Å². The molecule has 1 atom stereocenters. The van der Waals surface area contributed by atoms with Gasteiger partial charge in [0, 0.05) is 18.0 Å². The van der Waals surface area contributed by atoms with Crippen molar-refractivity contribution in [1.29, 1.82) is 0 Å². The lowest BCUT2D eigenvalue weighted by Gasteiger charge is -2.27. The molecule has 2 saturated heterocycles. The first-order valence-corrected chi connectivity index (χ1v) is 7.66. The smallest absolute Gasteiger partial charge is 0.0784 e. The summed E-state index contributed by atoms with van der Waals surface area (Å²) in [6.07, 6.45) is 5.21. The second-order valence-corrected chi connectivity index (χ2v) is 6.92. The molecule has 0 spiro atoms. The van der Waals surface area contributed by atoms with Crippen LogP contribution < -0.4 is 5.73 Å². The van der Waals surface area contributed by atoms with E-state index in [1.54, 1.807) is 0 Å². The molecule has 4 heteroatoms. The summed E-state index contributed by atoms with van der Waals surface area (Å²) in [4.78, 5) is 5.92. The molecule has 18 heavy (non-hydrogen) atoms. The minimum absolute atomic E-state index is 0.00106. The highest BCUT2D eigenvalue weighted by Crippen LogP contribution is 2.24. The largest absolute Gasteiger partial charge is 0.393 e. The Morgan fingerprint density at radius 3 is 2.56 bits per heavy atom. The van der Waals surface area contributed by atoms with Crippen molar-refractivity contribution in [1.82, 2.24) is 9.80 Å². The predicted octanol–water partition coefficient (Wildman–Crippen LogP) is 1.86. The van der Waals surface area contributed by atoms with Crippen LogP contribution in [0, 0.1) is 5.41 Å². The molecule has 0 amide bonds. The van der Waals surface area contributed by atoms with Crippen LogP contribution in [0.1, 0.15) is 39.5 Å². The SMILES string of the molecule is CC(C)(CCN1CCC(N2CCCC2)C1)C(N)=S. The van der Waals surface area contributed by atoms with Crippen molar-refractivity contribution in [2.45, 2.75) is 45.6 Å². The summed E-state index contributed by atoms with van der Waals surface area (Å²) in [5.74, 6) is 0. The van der Waals surface area contributed by atoms with Gasteiger partial charge in [0.2, 0.25) is 0 Å². The molecule has 0 aliphatic carbocycles. The average molecular weight is 269 g/mol. The Morgan fingerprint density at radius 2 is 1.94 bits per heavy atom. The Balaban J connectivity index is 1.74. The molecule has 2 aliphatic rings. The molecule has 2 heterocycles. The molecule has 0 aromatic carbocycles. The van der Waals surface area contributed by atoms with E-state index < -0.39 is 0 Å². The minimum Gasteiger partial charge on any atom is -0.393 e. The molecule has 0 bridgehead atoms. The zero-order chi connectivity index (χ0) is 13.2. The van der Waals surface area contributed by atoms with Crippen LogP contribution >= 0.6 is 12.2 Å². The van der Waals surface area contributed by atoms with Gasteiger partial charge in [-0.15, -0.1) is 0 Å². The molecule has 0 aromatic heterocycles. The van der Waals surface area contributed by atoms with Gasteiger partial charge < -0.3 is 10.6 Å². The first-order chi connectivity index (χ1) is 8.49. The predicted molar refractivity (Wildman–Crippen MR) is 80.8 cm³/mol. The molecule has 2 N–H and O–H groups in total. The van der Waals surface area contributed by atoms with E-state index in [-0.39, 0.29) is 5.41 Å². The Hall–Kier alpha value is -0.190. The van der Waals surface area contributed by atoms with Crippen LogP contribution in [0.4, 0.5) is 0 Å². The highest BCUT2D eigenvalue weighted by molar-refractivity contribution is 7.80. The fourth-order valence-corrected chi connectivity index (χ4v) is 3.08. The van der Waals surface area contributed by atoms with Gasteiger partial charge in [0.15, 0.2) is 0 Å². The van der Waals surface area contributed by atoms with Crippen molar-refractivity contribution < 1.29 is 0 Å². The Kier molecular flexibility index (Phi) is 4.62. The molecule has 2 aliphatic heterocycles. The van der Waals surface area contributed by atoms with Gasteiger partial charge in [0.1, 0.15) is 0 Å². The fourth-order valence-electron chi connectivity index (χ4n) is 2.98. The zero-order valence-electron chi connectivity index (χ0n) is 11.8. The van der Waals surface area contributed by atoms with Gasteiger partial charge in [-0.2, -0.15) is 0 Å². The number of nitrogens with zero attached hydrogens (tertiary/aromatic N) is 2. The number of nitrogens with two attached hydrogens (primary N) is 1. The zero-order valence-corrected chi connectivity index (χ0v) is 12.6. The monoisotopic (exact) mass is 269 g/mol. The minimum atomic E-state index is 0.00106. The van der Waals surface area contributed by atoms with Crippen LogP contribution in [-0.4, -0.2) is 53.6 Å². The van der Waals surface area contributed by atoms with Crippen LogP contribution in [0.2, 0.25) is 0 Å². The standard InChI is InChI=1S/C14H27N3S/c1-14(2,13(15)18)6-10-16-9-5-12(11-16)17-7-3-4-8-17/h12H,3-11H2,1-2H3,(H2,15,18). The second kappa shape index (κ2) is 5.85. The summed E-state index contributed by atoms with van der Waals surface area (Å²) in [6, 6.07) is 0.806. The topological polar surface area (TPSA) is 32.5 Å². The summed E-state index contributed by atoms with van der Waals surface area (Å²) >= 11 is 5.13. The quantitative estimate of drug-likeness (QED) is 0.772. The maximum atomic E-state index is 5.79. The normalized spacial score (nSPS) is 26.9. The van der Waals surface area contributed by atoms with Crippen LogP contribution in [-0.2, 0) is 0 Å². The molecular formula is C14H27N3S. The van der Waals surface area contributed by atoms with Crippen molar-refractivity contribution in [3.8, 4) is 0 Å². The third-order valence-electron chi connectivity index (χ3n) is 4.62. The number of rotatable bonds is 5. The van der Waals surface area contributed by atoms with E-state index in [1.807, 2.05) is 0 Å². The van der Waals surface area contributed by atoms with E-state index >= 15 is 0 Å². The van der Waals surface area contributed by atoms with Crippen molar-refractivity contribution >= 4 is 17.2 Å². The summed E-state index contributed by atoms with van der Waals surface area (Å²) in [6.45, 7) is 10.6. The third-order valence-corrected chi connectivity index (χ3v) is 5.18. The van der Waals surface area contributed by atoms with E-state index in [2.05, 4.69) is 23.6 Å². The molecule has 2 fully saturated rings. The lowest BCUT2D eigenvalue weighted by atomic mass is 9.89. The number of thiocarbonyl (C=S) groups is 1. The molecule has 0 aromatic rings. The van der Waals surface area contributed by atoms with Crippen molar-refractivity contribution in [3.05, 3.63) is 0 Å². The van der Waals surface area contributed by atoms with Gasteiger partial charge in [0.05, 0.1) is 4.99 Å². The second-order valence-electron chi connectivity index (χ2n) is 6.48. The number of hydrogen-bond donors (Lipinski definition) is 1. The number of hydrogen-bond acceptors (Lipinski definition) is 3. The van der Waals surface area contributed by atoms with Gasteiger partial charge >= 0.3 is 0 Å². The van der Waals surface area contributed by atoms with Crippen LogP contribution in [0.15, 0.2) is 0 Å². The van der Waals surface area contributed by atoms with E-state index in [0.29, 0.717) is 4.99 Å². The molecule has 1 unspecified atom stereocenters. The Morgan fingerprint density at radius 1 is 1.28 bits per heavy atom. The molecule has 2 rings (SSSR count). The molecule has 3 nitrogen and oxygen atoms in total. The summed E-state index contributed by atoms with van der Waals surface area (Å²) in [5.41, 5.74) is 5.79. The van der Waals surface area contributed by atoms with Gasteiger partial charge in [-0.1, -0.05) is 26.1 Å². The third kappa shape index (κ3) is 3.43. The molecule has 0 saturated carbocycles. The molecule has 104 valence electrons. The van der Waals surface area contributed by atoms with Gasteiger partial charge in [-0.3, -0.25) is 4.90 Å². The maximum absolute atomic E-state index is 5.79. The van der Waals surface area contributed by atoms with Crippen molar-refractivity contribution in [3.63, 3.8) is 0 Å². The average Bonchev–Trinajstić information content (AvgIpc) is 2.97.